The first-order valence-corrected chi connectivity index (χ1v) is 9.82. The van der Waals surface area contributed by atoms with E-state index in [1.165, 1.54) is 36.1 Å². The first-order chi connectivity index (χ1) is 14.4. The summed E-state index contributed by atoms with van der Waals surface area (Å²) in [5.74, 6) is 0.348. The molecule has 0 N–H and O–H groups in total. The number of halogens is 2. The summed E-state index contributed by atoms with van der Waals surface area (Å²) in [7, 11) is 1.56. The quantitative estimate of drug-likeness (QED) is 0.608. The zero-order valence-electron chi connectivity index (χ0n) is 16.2. The number of amidine groups is 1. The standard InChI is InChI=1S/C21H18F2N2O4S/c1-13(26)12-30-21-24-18(11-14-3-7-16(28-2)8-4-14)19(27)25(21)15-5-9-17(10-6-15)29-20(22)23/h3-11,20H,12H2,1-2H3/b18-11-. The highest BCUT2D eigenvalue weighted by Crippen LogP contribution is 2.31. The zero-order chi connectivity index (χ0) is 21.7. The van der Waals surface area contributed by atoms with Crippen LogP contribution in [0, 0.1) is 0 Å². The average molecular weight is 432 g/mol. The number of rotatable bonds is 7. The molecule has 0 fully saturated rings. The van der Waals surface area contributed by atoms with E-state index in [-0.39, 0.29) is 28.9 Å². The molecule has 0 bridgehead atoms. The van der Waals surface area contributed by atoms with Crippen molar-refractivity contribution in [3.8, 4) is 11.5 Å². The van der Waals surface area contributed by atoms with Gasteiger partial charge in [0.15, 0.2) is 5.17 Å². The molecule has 9 heteroatoms. The number of Topliss-reactive ketones (excluding diaryl/α,β-unsaturated/α-hetero) is 1. The fourth-order valence-corrected chi connectivity index (χ4v) is 3.43. The zero-order valence-corrected chi connectivity index (χ0v) is 17.0. The molecule has 1 aliphatic rings. The van der Waals surface area contributed by atoms with Gasteiger partial charge in [0, 0.05) is 0 Å². The molecule has 6 nitrogen and oxygen atoms in total. The minimum Gasteiger partial charge on any atom is -0.497 e. The van der Waals surface area contributed by atoms with E-state index in [0.717, 1.165) is 17.3 Å². The maximum absolute atomic E-state index is 13.0. The molecule has 0 atom stereocenters. The number of amides is 1. The Kier molecular flexibility index (Phi) is 6.83. The number of hydrogen-bond donors (Lipinski definition) is 0. The molecule has 0 aromatic heterocycles. The molecule has 0 radical (unpaired) electrons. The van der Waals surface area contributed by atoms with Gasteiger partial charge in [0.2, 0.25) is 0 Å². The monoisotopic (exact) mass is 432 g/mol. The van der Waals surface area contributed by atoms with Crippen molar-refractivity contribution in [2.24, 2.45) is 4.99 Å². The van der Waals surface area contributed by atoms with Gasteiger partial charge in [0.05, 0.1) is 18.6 Å². The topological polar surface area (TPSA) is 68.2 Å². The van der Waals surface area contributed by atoms with Crippen LogP contribution in [-0.2, 0) is 9.59 Å². The van der Waals surface area contributed by atoms with Crippen molar-refractivity contribution in [1.29, 1.82) is 0 Å². The van der Waals surface area contributed by atoms with Crippen molar-refractivity contribution < 1.29 is 27.8 Å². The number of ether oxygens (including phenoxy) is 2. The summed E-state index contributed by atoms with van der Waals surface area (Å²) >= 11 is 1.13. The van der Waals surface area contributed by atoms with Gasteiger partial charge in [0.25, 0.3) is 5.91 Å². The van der Waals surface area contributed by atoms with Crippen LogP contribution < -0.4 is 14.4 Å². The van der Waals surface area contributed by atoms with Crippen molar-refractivity contribution >= 4 is 40.4 Å². The Bertz CT molecular complexity index is 989. The summed E-state index contributed by atoms with van der Waals surface area (Å²) in [5, 5.41) is 0.331. The molecule has 2 aromatic carbocycles. The van der Waals surface area contributed by atoms with Crippen LogP contribution in [0.2, 0.25) is 0 Å². The van der Waals surface area contributed by atoms with Crippen molar-refractivity contribution in [3.05, 3.63) is 59.8 Å². The van der Waals surface area contributed by atoms with Crippen LogP contribution in [0.1, 0.15) is 12.5 Å². The van der Waals surface area contributed by atoms with Crippen LogP contribution in [0.15, 0.2) is 59.2 Å². The minimum atomic E-state index is -2.94. The highest BCUT2D eigenvalue weighted by molar-refractivity contribution is 8.14. The number of carbonyl (C=O) groups excluding carboxylic acids is 2. The summed E-state index contributed by atoms with van der Waals surface area (Å²) in [5.41, 5.74) is 1.37. The van der Waals surface area contributed by atoms with Crippen LogP contribution in [0.3, 0.4) is 0 Å². The first kappa shape index (κ1) is 21.5. The van der Waals surface area contributed by atoms with E-state index in [4.69, 9.17) is 4.74 Å². The van der Waals surface area contributed by atoms with Crippen LogP contribution >= 0.6 is 11.8 Å². The molecule has 1 heterocycles. The smallest absolute Gasteiger partial charge is 0.387 e. The van der Waals surface area contributed by atoms with E-state index in [1.54, 1.807) is 37.5 Å². The van der Waals surface area contributed by atoms with E-state index in [9.17, 15) is 18.4 Å². The number of benzene rings is 2. The highest BCUT2D eigenvalue weighted by Gasteiger charge is 2.32. The summed E-state index contributed by atoms with van der Waals surface area (Å²) in [6, 6.07) is 12.7. The van der Waals surface area contributed by atoms with Crippen molar-refractivity contribution in [3.63, 3.8) is 0 Å². The molecule has 1 aliphatic heterocycles. The summed E-state index contributed by atoms with van der Waals surface area (Å²) in [6.45, 7) is -1.49. The maximum atomic E-state index is 13.0. The maximum Gasteiger partial charge on any atom is 0.387 e. The molecular weight excluding hydrogens is 414 g/mol. The number of aliphatic imine (C=N–C) groups is 1. The Balaban J connectivity index is 1.90. The largest absolute Gasteiger partial charge is 0.497 e. The van der Waals surface area contributed by atoms with Gasteiger partial charge >= 0.3 is 6.61 Å². The Labute approximate surface area is 176 Å². The lowest BCUT2D eigenvalue weighted by atomic mass is 10.2. The van der Waals surface area contributed by atoms with Crippen molar-refractivity contribution in [2.45, 2.75) is 13.5 Å². The molecule has 0 saturated heterocycles. The number of nitrogens with zero attached hydrogens (tertiary/aromatic N) is 2. The predicted octanol–water partition coefficient (Wildman–Crippen LogP) is 4.36. The third kappa shape index (κ3) is 5.24. The third-order valence-corrected chi connectivity index (χ3v) is 5.06. The lowest BCUT2D eigenvalue weighted by Gasteiger charge is -2.18. The van der Waals surface area contributed by atoms with Gasteiger partial charge < -0.3 is 9.47 Å². The Morgan fingerprint density at radius 1 is 1.13 bits per heavy atom. The van der Waals surface area contributed by atoms with Crippen LogP contribution in [0.25, 0.3) is 6.08 Å². The Morgan fingerprint density at radius 2 is 1.77 bits per heavy atom. The van der Waals surface area contributed by atoms with Gasteiger partial charge in [-0.15, -0.1) is 0 Å². The predicted molar refractivity (Wildman–Crippen MR) is 112 cm³/mol. The highest BCUT2D eigenvalue weighted by atomic mass is 32.2. The molecule has 30 heavy (non-hydrogen) atoms. The molecular formula is C21H18F2N2O4S. The SMILES string of the molecule is COc1ccc(/C=C2\N=C(SCC(C)=O)N(c3ccc(OC(F)F)cc3)C2=O)cc1. The Morgan fingerprint density at radius 3 is 2.33 bits per heavy atom. The second kappa shape index (κ2) is 9.53. The molecule has 0 unspecified atom stereocenters. The number of thioether (sulfide) groups is 1. The number of anilines is 1. The normalized spacial score (nSPS) is 15.0. The number of hydrogen-bond acceptors (Lipinski definition) is 6. The second-order valence-corrected chi connectivity index (χ2v) is 7.14. The van der Waals surface area contributed by atoms with E-state index >= 15 is 0 Å². The van der Waals surface area contributed by atoms with Gasteiger partial charge in [-0.3, -0.25) is 14.5 Å². The first-order valence-electron chi connectivity index (χ1n) is 8.83. The molecule has 3 rings (SSSR count). The number of ketones is 1. The lowest BCUT2D eigenvalue weighted by molar-refractivity contribution is -0.115. The molecule has 0 spiro atoms. The van der Waals surface area contributed by atoms with Gasteiger partial charge in [-0.25, -0.2) is 4.99 Å². The van der Waals surface area contributed by atoms with Crippen molar-refractivity contribution in [2.75, 3.05) is 17.8 Å². The van der Waals surface area contributed by atoms with E-state index in [1.807, 2.05) is 0 Å². The van der Waals surface area contributed by atoms with E-state index in [2.05, 4.69) is 9.73 Å². The average Bonchev–Trinajstić information content (AvgIpc) is 3.02. The van der Waals surface area contributed by atoms with Crippen LogP contribution in [0.5, 0.6) is 11.5 Å². The Hall–Kier alpha value is -3.20. The molecule has 2 aromatic rings. The molecule has 1 amide bonds. The summed E-state index contributed by atoms with van der Waals surface area (Å²) in [6.07, 6.45) is 1.63. The number of carbonyl (C=O) groups is 2. The van der Waals surface area contributed by atoms with E-state index < -0.39 is 6.61 Å². The van der Waals surface area contributed by atoms with E-state index in [0.29, 0.717) is 16.6 Å². The third-order valence-electron chi connectivity index (χ3n) is 3.97. The van der Waals surface area contributed by atoms with Gasteiger partial charge in [-0.05, 0) is 55.0 Å². The fraction of sp³-hybridized carbons (Fsp3) is 0.190. The lowest BCUT2D eigenvalue weighted by Crippen LogP contribution is -2.30. The minimum absolute atomic E-state index is 0.0238. The number of methoxy groups -OCH3 is 1. The van der Waals surface area contributed by atoms with Gasteiger partial charge in [-0.1, -0.05) is 23.9 Å². The van der Waals surface area contributed by atoms with Gasteiger partial charge in [-0.2, -0.15) is 8.78 Å². The van der Waals surface area contributed by atoms with Crippen LogP contribution in [-0.4, -0.2) is 36.3 Å². The van der Waals surface area contributed by atoms with Crippen LogP contribution in [0.4, 0.5) is 14.5 Å². The fourth-order valence-electron chi connectivity index (χ4n) is 2.62. The van der Waals surface area contributed by atoms with Gasteiger partial charge in [0.1, 0.15) is 23.0 Å². The summed E-state index contributed by atoms with van der Waals surface area (Å²) < 4.78 is 34.2. The molecule has 0 aliphatic carbocycles. The number of alkyl halides is 2. The summed E-state index contributed by atoms with van der Waals surface area (Å²) in [4.78, 5) is 30.2. The molecule has 156 valence electrons. The second-order valence-electron chi connectivity index (χ2n) is 6.20. The van der Waals surface area contributed by atoms with Crippen molar-refractivity contribution in [1.82, 2.24) is 0 Å². The molecule has 0 saturated carbocycles.